The number of fused-ring (bicyclic) bond motifs is 5. The van der Waals surface area contributed by atoms with Crippen molar-refractivity contribution in [1.82, 2.24) is 25.0 Å². The monoisotopic (exact) mass is 499 g/mol. The topological polar surface area (TPSA) is 56.5 Å². The van der Waals surface area contributed by atoms with Crippen molar-refractivity contribution in [3.63, 3.8) is 0 Å². The van der Waals surface area contributed by atoms with E-state index in [1.807, 2.05) is 36.4 Å². The predicted octanol–water partition coefficient (Wildman–Crippen LogP) is 8.00. The Hall–Kier alpha value is -5.42. The first kappa shape index (κ1) is 21.6. The molecule has 0 radical (unpaired) electrons. The van der Waals surface area contributed by atoms with Gasteiger partial charge in [-0.05, 0) is 47.2 Å². The maximum atomic E-state index is 5.16. The highest BCUT2D eigenvalue weighted by molar-refractivity contribution is 6.05. The van der Waals surface area contributed by atoms with Crippen molar-refractivity contribution in [3.8, 4) is 28.2 Å². The average Bonchev–Trinajstić information content (AvgIpc) is 3.44. The molecular formula is C34H21N5. The lowest BCUT2D eigenvalue weighted by Crippen LogP contribution is -1.97. The second kappa shape index (κ2) is 8.57. The van der Waals surface area contributed by atoms with Gasteiger partial charge in [-0.15, -0.1) is 10.2 Å². The van der Waals surface area contributed by atoms with Crippen molar-refractivity contribution in [3.05, 3.63) is 127 Å². The summed E-state index contributed by atoms with van der Waals surface area (Å²) in [6.45, 7) is 0. The molecule has 0 N–H and O–H groups in total. The van der Waals surface area contributed by atoms with Crippen LogP contribution in [0.2, 0.25) is 0 Å². The predicted molar refractivity (Wildman–Crippen MR) is 158 cm³/mol. The maximum Gasteiger partial charge on any atom is 0.114 e. The zero-order valence-corrected chi connectivity index (χ0v) is 20.9. The van der Waals surface area contributed by atoms with Gasteiger partial charge in [-0.2, -0.15) is 4.80 Å². The number of hydrogen-bond donors (Lipinski definition) is 0. The van der Waals surface area contributed by atoms with E-state index in [1.54, 1.807) is 4.80 Å². The minimum absolute atomic E-state index is 0.826. The molecule has 3 aromatic heterocycles. The van der Waals surface area contributed by atoms with Gasteiger partial charge in [0.05, 0.1) is 28.1 Å². The first-order chi connectivity index (χ1) is 19.3. The second-order valence-electron chi connectivity index (χ2n) is 9.66. The lowest BCUT2D eigenvalue weighted by atomic mass is 10.0. The van der Waals surface area contributed by atoms with E-state index in [2.05, 4.69) is 96.1 Å². The highest BCUT2D eigenvalue weighted by atomic mass is 15.5. The van der Waals surface area contributed by atoms with Crippen LogP contribution < -0.4 is 0 Å². The molecule has 5 heteroatoms. The summed E-state index contributed by atoms with van der Waals surface area (Å²) < 4.78 is 0. The Morgan fingerprint density at radius 3 is 1.97 bits per heavy atom. The van der Waals surface area contributed by atoms with E-state index in [1.165, 1.54) is 10.8 Å². The molecule has 0 bridgehead atoms. The number of nitrogens with zero attached hydrogens (tertiary/aromatic N) is 5. The summed E-state index contributed by atoms with van der Waals surface area (Å²) in [5.74, 6) is 0. The van der Waals surface area contributed by atoms with Crippen LogP contribution in [0, 0.1) is 0 Å². The number of aromatic nitrogens is 5. The molecule has 0 atom stereocenters. The van der Waals surface area contributed by atoms with Gasteiger partial charge in [0, 0.05) is 21.9 Å². The van der Waals surface area contributed by atoms with Gasteiger partial charge in [-0.3, -0.25) is 0 Å². The van der Waals surface area contributed by atoms with E-state index in [-0.39, 0.29) is 0 Å². The fourth-order valence-corrected chi connectivity index (χ4v) is 5.28. The lowest BCUT2D eigenvalue weighted by molar-refractivity contribution is 0.766. The van der Waals surface area contributed by atoms with Crippen LogP contribution in [0.25, 0.3) is 71.8 Å². The Balaban J connectivity index is 1.27. The van der Waals surface area contributed by atoms with Crippen LogP contribution >= 0.6 is 0 Å². The van der Waals surface area contributed by atoms with E-state index in [4.69, 9.17) is 15.1 Å². The van der Waals surface area contributed by atoms with Crippen molar-refractivity contribution < 1.29 is 0 Å². The Bertz CT molecular complexity index is 2180. The smallest absolute Gasteiger partial charge is 0.114 e. The van der Waals surface area contributed by atoms with Crippen molar-refractivity contribution in [2.45, 2.75) is 0 Å². The van der Waals surface area contributed by atoms with Crippen LogP contribution in [0.4, 0.5) is 0 Å². The molecule has 5 nitrogen and oxygen atoms in total. The third-order valence-corrected chi connectivity index (χ3v) is 7.25. The molecule has 5 aromatic carbocycles. The maximum absolute atomic E-state index is 5.16. The normalized spacial score (nSPS) is 11.6. The zero-order valence-electron chi connectivity index (χ0n) is 20.9. The summed E-state index contributed by atoms with van der Waals surface area (Å²) in [7, 11) is 0. The molecule has 0 saturated heterocycles. The number of rotatable bonds is 3. The van der Waals surface area contributed by atoms with E-state index >= 15 is 0 Å². The van der Waals surface area contributed by atoms with Crippen LogP contribution in [0.5, 0.6) is 0 Å². The molecule has 0 unspecified atom stereocenters. The van der Waals surface area contributed by atoms with Gasteiger partial charge in [0.25, 0.3) is 0 Å². The fraction of sp³-hybridized carbons (Fsp3) is 0. The molecule has 8 rings (SSSR count). The molecular weight excluding hydrogens is 478 g/mol. The van der Waals surface area contributed by atoms with Crippen LogP contribution in [0.15, 0.2) is 127 Å². The first-order valence-electron chi connectivity index (χ1n) is 12.9. The zero-order chi connectivity index (χ0) is 25.8. The highest BCUT2D eigenvalue weighted by Crippen LogP contribution is 2.32. The largest absolute Gasteiger partial charge is 0.245 e. The fourth-order valence-electron chi connectivity index (χ4n) is 5.28. The Kier molecular flexibility index (Phi) is 4.76. The molecule has 0 saturated carbocycles. The number of pyridine rings is 2. The van der Waals surface area contributed by atoms with Crippen molar-refractivity contribution in [2.75, 3.05) is 0 Å². The molecule has 0 aliphatic heterocycles. The lowest BCUT2D eigenvalue weighted by Gasteiger charge is -2.10. The van der Waals surface area contributed by atoms with Gasteiger partial charge >= 0.3 is 0 Å². The Morgan fingerprint density at radius 1 is 0.462 bits per heavy atom. The van der Waals surface area contributed by atoms with Gasteiger partial charge in [-0.25, -0.2) is 9.97 Å². The van der Waals surface area contributed by atoms with Gasteiger partial charge in [0.15, 0.2) is 0 Å². The van der Waals surface area contributed by atoms with E-state index in [0.29, 0.717) is 0 Å². The molecule has 0 fully saturated rings. The standard InChI is InChI=1S/C34H21N5/c1-2-9-26(10-3-1)39-37-31-20-17-25(21-32(31)38-39)29-18-15-23-13-14-24-16-19-30(36-34(24)33(23)35-29)28-12-6-8-22-7-4-5-11-27(22)28/h1-21H. The van der Waals surface area contributed by atoms with Gasteiger partial charge in [0.1, 0.15) is 11.0 Å². The molecule has 8 aromatic rings. The Labute approximate surface area is 224 Å². The molecule has 0 aliphatic rings. The summed E-state index contributed by atoms with van der Waals surface area (Å²) >= 11 is 0. The summed E-state index contributed by atoms with van der Waals surface area (Å²) in [6, 6.07) is 43.5. The van der Waals surface area contributed by atoms with Crippen molar-refractivity contribution in [2.24, 2.45) is 0 Å². The molecule has 182 valence electrons. The second-order valence-corrected chi connectivity index (χ2v) is 9.66. The van der Waals surface area contributed by atoms with Gasteiger partial charge < -0.3 is 0 Å². The quantitative estimate of drug-likeness (QED) is 0.231. The Morgan fingerprint density at radius 2 is 1.13 bits per heavy atom. The number of benzene rings is 5. The molecule has 39 heavy (non-hydrogen) atoms. The van der Waals surface area contributed by atoms with Crippen LogP contribution in [0.3, 0.4) is 0 Å². The minimum Gasteiger partial charge on any atom is -0.245 e. The third-order valence-electron chi connectivity index (χ3n) is 7.25. The van der Waals surface area contributed by atoms with Crippen LogP contribution in [-0.2, 0) is 0 Å². The highest BCUT2D eigenvalue weighted by Gasteiger charge is 2.12. The molecule has 0 amide bonds. The number of para-hydroxylation sites is 1. The average molecular weight is 500 g/mol. The summed E-state index contributed by atoms with van der Waals surface area (Å²) in [5, 5.41) is 13.9. The first-order valence-corrected chi connectivity index (χ1v) is 12.9. The van der Waals surface area contributed by atoms with Gasteiger partial charge in [0.2, 0.25) is 0 Å². The van der Waals surface area contributed by atoms with E-state index < -0.39 is 0 Å². The molecule has 3 heterocycles. The van der Waals surface area contributed by atoms with Crippen LogP contribution in [0.1, 0.15) is 0 Å². The molecule has 0 aliphatic carbocycles. The van der Waals surface area contributed by atoms with Crippen LogP contribution in [-0.4, -0.2) is 25.0 Å². The van der Waals surface area contributed by atoms with Crippen molar-refractivity contribution >= 4 is 43.6 Å². The summed E-state index contributed by atoms with van der Waals surface area (Å²) in [6.07, 6.45) is 0. The van der Waals surface area contributed by atoms with E-state index in [9.17, 15) is 0 Å². The third kappa shape index (κ3) is 3.63. The summed E-state index contributed by atoms with van der Waals surface area (Å²) in [5.41, 5.74) is 8.32. The number of hydrogen-bond acceptors (Lipinski definition) is 4. The van der Waals surface area contributed by atoms with Gasteiger partial charge in [-0.1, -0.05) is 91.0 Å². The summed E-state index contributed by atoms with van der Waals surface area (Å²) in [4.78, 5) is 12.0. The molecule has 0 spiro atoms. The van der Waals surface area contributed by atoms with E-state index in [0.717, 1.165) is 61.0 Å². The minimum atomic E-state index is 0.826. The SMILES string of the molecule is c1ccc(-n2nc3ccc(-c4ccc5ccc6ccc(-c7cccc8ccccc78)nc6c5n4)cc3n2)cc1. The van der Waals surface area contributed by atoms with Crippen molar-refractivity contribution in [1.29, 1.82) is 0 Å².